The van der Waals surface area contributed by atoms with Crippen molar-refractivity contribution in [2.24, 2.45) is 5.10 Å². The van der Waals surface area contributed by atoms with Crippen LogP contribution in [0.4, 0.5) is 5.69 Å². The number of para-hydroxylation sites is 1. The monoisotopic (exact) mass is 213 g/mol. The molecule has 0 aromatic heterocycles. The first kappa shape index (κ1) is 9.46. The molecule has 3 heteroatoms. The molecule has 0 amide bonds. The van der Waals surface area contributed by atoms with Gasteiger partial charge in [-0.1, -0.05) is 18.2 Å². The van der Waals surface area contributed by atoms with Crippen molar-refractivity contribution in [3.8, 4) is 0 Å². The van der Waals surface area contributed by atoms with E-state index < -0.39 is 0 Å². The van der Waals surface area contributed by atoms with Gasteiger partial charge in [-0.3, -0.25) is 5.01 Å². The molecular formula is C13H15N3. The van der Waals surface area contributed by atoms with Crippen molar-refractivity contribution in [3.63, 3.8) is 0 Å². The highest BCUT2D eigenvalue weighted by Gasteiger charge is 2.24. The summed E-state index contributed by atoms with van der Waals surface area (Å²) in [6, 6.07) is 10.3. The average molecular weight is 213 g/mol. The number of hydrazone groups is 1. The van der Waals surface area contributed by atoms with Gasteiger partial charge in [-0.25, -0.2) is 0 Å². The molecule has 0 saturated carbocycles. The first-order valence-corrected chi connectivity index (χ1v) is 5.64. The van der Waals surface area contributed by atoms with E-state index in [0.717, 1.165) is 19.5 Å². The highest BCUT2D eigenvalue weighted by molar-refractivity contribution is 6.04. The maximum Gasteiger partial charge on any atom is 0.0699 e. The van der Waals surface area contributed by atoms with E-state index in [-0.39, 0.29) is 0 Å². The van der Waals surface area contributed by atoms with Gasteiger partial charge >= 0.3 is 0 Å². The second kappa shape index (κ2) is 3.67. The molecular weight excluding hydrogens is 198 g/mol. The van der Waals surface area contributed by atoms with Crippen LogP contribution >= 0.6 is 0 Å². The lowest BCUT2D eigenvalue weighted by atomic mass is 10.1. The standard InChI is InChI=1S/C13H15N3/c1-15-8-7-13-11(9-15)10-16(14-13)12-5-3-2-4-6-12/h2-6,9H,7-8,10H2,1H3. The SMILES string of the molecule is CN1C=C2CN(c3ccccc3)N=C2CC1. The number of rotatable bonds is 1. The number of hydrogen-bond donors (Lipinski definition) is 0. The Hall–Kier alpha value is -1.77. The van der Waals surface area contributed by atoms with E-state index >= 15 is 0 Å². The summed E-state index contributed by atoms with van der Waals surface area (Å²) in [6.07, 6.45) is 3.27. The third kappa shape index (κ3) is 1.58. The number of fused-ring (bicyclic) bond motifs is 1. The fourth-order valence-electron chi connectivity index (χ4n) is 2.19. The summed E-state index contributed by atoms with van der Waals surface area (Å²) < 4.78 is 0. The van der Waals surface area contributed by atoms with Gasteiger partial charge in [0.15, 0.2) is 0 Å². The smallest absolute Gasteiger partial charge is 0.0699 e. The maximum absolute atomic E-state index is 4.67. The zero-order chi connectivity index (χ0) is 11.0. The Morgan fingerprint density at radius 2 is 2.00 bits per heavy atom. The van der Waals surface area contributed by atoms with Crippen molar-refractivity contribution >= 4 is 11.4 Å². The van der Waals surface area contributed by atoms with Gasteiger partial charge in [0, 0.05) is 31.8 Å². The zero-order valence-electron chi connectivity index (χ0n) is 9.43. The lowest BCUT2D eigenvalue weighted by molar-refractivity contribution is 0.460. The molecule has 0 spiro atoms. The predicted molar refractivity (Wildman–Crippen MR) is 66.6 cm³/mol. The van der Waals surface area contributed by atoms with E-state index in [0.29, 0.717) is 0 Å². The molecule has 16 heavy (non-hydrogen) atoms. The first-order valence-electron chi connectivity index (χ1n) is 5.64. The van der Waals surface area contributed by atoms with Crippen LogP contribution in [0, 0.1) is 0 Å². The summed E-state index contributed by atoms with van der Waals surface area (Å²) in [7, 11) is 2.12. The van der Waals surface area contributed by atoms with Crippen LogP contribution in [0.5, 0.6) is 0 Å². The maximum atomic E-state index is 4.67. The van der Waals surface area contributed by atoms with Crippen LogP contribution in [0.2, 0.25) is 0 Å². The third-order valence-corrected chi connectivity index (χ3v) is 3.06. The Bertz CT molecular complexity index is 448. The Balaban J connectivity index is 1.89. The first-order chi connectivity index (χ1) is 7.83. The number of nitrogens with zero attached hydrogens (tertiary/aromatic N) is 3. The highest BCUT2D eigenvalue weighted by Crippen LogP contribution is 2.25. The van der Waals surface area contributed by atoms with Gasteiger partial charge in [0.2, 0.25) is 0 Å². The van der Waals surface area contributed by atoms with Gasteiger partial charge in [-0.05, 0) is 12.1 Å². The zero-order valence-corrected chi connectivity index (χ0v) is 9.43. The van der Waals surface area contributed by atoms with E-state index in [4.69, 9.17) is 0 Å². The number of anilines is 1. The number of benzene rings is 1. The predicted octanol–water partition coefficient (Wildman–Crippen LogP) is 2.08. The van der Waals surface area contributed by atoms with Gasteiger partial charge in [0.1, 0.15) is 0 Å². The lowest BCUT2D eigenvalue weighted by Crippen LogP contribution is -2.23. The summed E-state index contributed by atoms with van der Waals surface area (Å²) in [5.41, 5.74) is 3.78. The molecule has 0 bridgehead atoms. The molecule has 0 saturated heterocycles. The molecule has 3 nitrogen and oxygen atoms in total. The normalized spacial score (nSPS) is 19.3. The molecule has 0 fully saturated rings. The molecule has 0 N–H and O–H groups in total. The van der Waals surface area contributed by atoms with Crippen LogP contribution in [-0.4, -0.2) is 30.7 Å². The van der Waals surface area contributed by atoms with Crippen LogP contribution in [0.1, 0.15) is 6.42 Å². The number of hydrogen-bond acceptors (Lipinski definition) is 3. The third-order valence-electron chi connectivity index (χ3n) is 3.06. The molecule has 3 rings (SSSR count). The summed E-state index contributed by atoms with van der Waals surface area (Å²) in [5, 5.41) is 6.75. The molecule has 2 aliphatic rings. The molecule has 1 aromatic rings. The molecule has 2 heterocycles. The van der Waals surface area contributed by atoms with Crippen molar-refractivity contribution in [2.75, 3.05) is 25.1 Å². The largest absolute Gasteiger partial charge is 0.380 e. The molecule has 0 atom stereocenters. The van der Waals surface area contributed by atoms with E-state index in [2.05, 4.69) is 52.5 Å². The van der Waals surface area contributed by atoms with Crippen LogP contribution < -0.4 is 5.01 Å². The molecule has 0 unspecified atom stereocenters. The summed E-state index contributed by atoms with van der Waals surface area (Å²) in [4.78, 5) is 2.24. The Morgan fingerprint density at radius 3 is 2.81 bits per heavy atom. The Kier molecular flexibility index (Phi) is 2.17. The minimum Gasteiger partial charge on any atom is -0.380 e. The van der Waals surface area contributed by atoms with Crippen LogP contribution in [0.25, 0.3) is 0 Å². The molecule has 0 aliphatic carbocycles. The highest BCUT2D eigenvalue weighted by atomic mass is 15.5. The van der Waals surface area contributed by atoms with Gasteiger partial charge in [0.25, 0.3) is 0 Å². The average Bonchev–Trinajstić information content (AvgIpc) is 2.73. The second-order valence-electron chi connectivity index (χ2n) is 4.32. The van der Waals surface area contributed by atoms with Crippen LogP contribution in [-0.2, 0) is 0 Å². The molecule has 2 aliphatic heterocycles. The van der Waals surface area contributed by atoms with E-state index in [1.807, 2.05) is 6.07 Å². The van der Waals surface area contributed by atoms with E-state index in [1.165, 1.54) is 17.0 Å². The molecule has 1 aromatic carbocycles. The second-order valence-corrected chi connectivity index (χ2v) is 4.32. The van der Waals surface area contributed by atoms with Crippen LogP contribution in [0.3, 0.4) is 0 Å². The molecule has 0 radical (unpaired) electrons. The van der Waals surface area contributed by atoms with Crippen molar-refractivity contribution in [2.45, 2.75) is 6.42 Å². The van der Waals surface area contributed by atoms with E-state index in [9.17, 15) is 0 Å². The summed E-state index contributed by atoms with van der Waals surface area (Å²) >= 11 is 0. The fraction of sp³-hybridized carbons (Fsp3) is 0.308. The minimum atomic E-state index is 0.906. The van der Waals surface area contributed by atoms with Crippen molar-refractivity contribution in [3.05, 3.63) is 42.1 Å². The lowest BCUT2D eigenvalue weighted by Gasteiger charge is -2.20. The van der Waals surface area contributed by atoms with Crippen molar-refractivity contribution in [1.29, 1.82) is 0 Å². The molecule has 82 valence electrons. The van der Waals surface area contributed by atoms with Gasteiger partial charge in [0.05, 0.1) is 17.9 Å². The van der Waals surface area contributed by atoms with Gasteiger partial charge < -0.3 is 4.90 Å². The Morgan fingerprint density at radius 1 is 1.19 bits per heavy atom. The summed E-state index contributed by atoms with van der Waals surface area (Å²) in [6.45, 7) is 1.98. The van der Waals surface area contributed by atoms with Crippen molar-refractivity contribution in [1.82, 2.24) is 4.90 Å². The fourth-order valence-corrected chi connectivity index (χ4v) is 2.19. The summed E-state index contributed by atoms with van der Waals surface area (Å²) in [5.74, 6) is 0. The van der Waals surface area contributed by atoms with E-state index in [1.54, 1.807) is 0 Å². The van der Waals surface area contributed by atoms with Crippen LogP contribution in [0.15, 0.2) is 47.2 Å². The van der Waals surface area contributed by atoms with Crippen molar-refractivity contribution < 1.29 is 0 Å². The van der Waals surface area contributed by atoms with Gasteiger partial charge in [-0.2, -0.15) is 5.10 Å². The minimum absolute atomic E-state index is 0.906. The quantitative estimate of drug-likeness (QED) is 0.711. The van der Waals surface area contributed by atoms with Gasteiger partial charge in [-0.15, -0.1) is 0 Å². The Labute approximate surface area is 95.7 Å². The topological polar surface area (TPSA) is 18.8 Å².